The van der Waals surface area contributed by atoms with Crippen molar-refractivity contribution in [2.24, 2.45) is 0 Å². The number of esters is 1. The minimum absolute atomic E-state index is 0.194. The van der Waals surface area contributed by atoms with Crippen molar-refractivity contribution in [3.63, 3.8) is 0 Å². The van der Waals surface area contributed by atoms with Crippen LogP contribution in [0.1, 0.15) is 55.2 Å². The van der Waals surface area contributed by atoms with Gasteiger partial charge >= 0.3 is 12.1 Å². The summed E-state index contributed by atoms with van der Waals surface area (Å²) in [7, 11) is 1.35. The van der Waals surface area contributed by atoms with Crippen molar-refractivity contribution in [1.82, 2.24) is 5.32 Å². The van der Waals surface area contributed by atoms with Crippen molar-refractivity contribution in [1.29, 1.82) is 0 Å². The lowest BCUT2D eigenvalue weighted by Gasteiger charge is -2.22. The molecule has 0 saturated carbocycles. The SMILES string of the molecule is COC(=O)c1cccc(COc2ccc(C(C)NC(=O)OC(C)(C)C)cc2)c1. The van der Waals surface area contributed by atoms with Gasteiger partial charge in [0.05, 0.1) is 18.7 Å². The van der Waals surface area contributed by atoms with Crippen LogP contribution in [0, 0.1) is 0 Å². The fourth-order valence-electron chi connectivity index (χ4n) is 2.49. The number of alkyl carbamates (subject to hydrolysis) is 1. The number of ether oxygens (including phenoxy) is 3. The Labute approximate surface area is 165 Å². The van der Waals surface area contributed by atoms with Crippen LogP contribution in [-0.4, -0.2) is 24.8 Å². The van der Waals surface area contributed by atoms with Gasteiger partial charge in [-0.2, -0.15) is 0 Å². The molecule has 2 aromatic carbocycles. The lowest BCUT2D eigenvalue weighted by molar-refractivity contribution is 0.0507. The van der Waals surface area contributed by atoms with Crippen molar-refractivity contribution in [3.8, 4) is 5.75 Å². The van der Waals surface area contributed by atoms with Gasteiger partial charge < -0.3 is 19.5 Å². The van der Waals surface area contributed by atoms with Gasteiger partial charge in [-0.05, 0) is 63.1 Å². The Bertz CT molecular complexity index is 808. The molecule has 0 heterocycles. The van der Waals surface area contributed by atoms with Gasteiger partial charge in [0, 0.05) is 0 Å². The van der Waals surface area contributed by atoms with Crippen LogP contribution in [0.2, 0.25) is 0 Å². The standard InChI is InChI=1S/C22H27NO5/c1-15(23-21(25)28-22(2,3)4)17-9-11-19(12-10-17)27-14-16-7-6-8-18(13-16)20(24)26-5/h6-13,15H,14H2,1-5H3,(H,23,25). The Kier molecular flexibility index (Phi) is 7.04. The molecule has 0 spiro atoms. The van der Waals surface area contributed by atoms with Gasteiger partial charge in [-0.25, -0.2) is 9.59 Å². The Balaban J connectivity index is 1.92. The van der Waals surface area contributed by atoms with Gasteiger partial charge in [0.25, 0.3) is 0 Å². The molecule has 0 aliphatic heterocycles. The number of nitrogens with one attached hydrogen (secondary N) is 1. The smallest absolute Gasteiger partial charge is 0.408 e. The number of benzene rings is 2. The molecule has 2 aromatic rings. The molecule has 1 atom stereocenters. The molecule has 1 N–H and O–H groups in total. The zero-order valence-electron chi connectivity index (χ0n) is 16.9. The number of rotatable bonds is 6. The van der Waals surface area contributed by atoms with Crippen LogP contribution in [-0.2, 0) is 16.1 Å². The maximum Gasteiger partial charge on any atom is 0.408 e. The average Bonchev–Trinajstić information content (AvgIpc) is 2.64. The number of methoxy groups -OCH3 is 1. The molecular formula is C22H27NO5. The summed E-state index contributed by atoms with van der Waals surface area (Å²) in [5.74, 6) is 0.314. The summed E-state index contributed by atoms with van der Waals surface area (Å²) in [6.07, 6.45) is -0.453. The van der Waals surface area contributed by atoms with Gasteiger partial charge in [-0.3, -0.25) is 0 Å². The van der Waals surface area contributed by atoms with E-state index in [4.69, 9.17) is 14.2 Å². The molecule has 28 heavy (non-hydrogen) atoms. The fourth-order valence-corrected chi connectivity index (χ4v) is 2.49. The third-order valence-electron chi connectivity index (χ3n) is 3.87. The lowest BCUT2D eigenvalue weighted by Crippen LogP contribution is -2.34. The van der Waals surface area contributed by atoms with Crippen LogP contribution >= 0.6 is 0 Å². The second-order valence-electron chi connectivity index (χ2n) is 7.42. The van der Waals surface area contributed by atoms with Crippen LogP contribution in [0.3, 0.4) is 0 Å². The van der Waals surface area contributed by atoms with E-state index in [-0.39, 0.29) is 12.0 Å². The summed E-state index contributed by atoms with van der Waals surface area (Å²) in [4.78, 5) is 23.5. The first-order chi connectivity index (χ1) is 13.2. The van der Waals surface area contributed by atoms with Crippen molar-refractivity contribution in [3.05, 3.63) is 65.2 Å². The van der Waals surface area contributed by atoms with E-state index < -0.39 is 11.7 Å². The van der Waals surface area contributed by atoms with Crippen molar-refractivity contribution in [2.45, 2.75) is 45.9 Å². The first-order valence-corrected chi connectivity index (χ1v) is 9.07. The molecule has 1 unspecified atom stereocenters. The van der Waals surface area contributed by atoms with Gasteiger partial charge in [0.15, 0.2) is 0 Å². The maximum atomic E-state index is 11.9. The molecular weight excluding hydrogens is 358 g/mol. The number of carbonyl (C=O) groups is 2. The van der Waals surface area contributed by atoms with Crippen molar-refractivity contribution < 1.29 is 23.8 Å². The summed E-state index contributed by atoms with van der Waals surface area (Å²) in [5.41, 5.74) is 1.76. The van der Waals surface area contributed by atoms with Crippen LogP contribution < -0.4 is 10.1 Å². The molecule has 6 heteroatoms. The Hall–Kier alpha value is -3.02. The molecule has 0 bridgehead atoms. The summed E-state index contributed by atoms with van der Waals surface area (Å²) in [5, 5.41) is 2.81. The van der Waals surface area contributed by atoms with Crippen LogP contribution in [0.4, 0.5) is 4.79 Å². The highest BCUT2D eigenvalue weighted by atomic mass is 16.6. The van der Waals surface area contributed by atoms with Gasteiger partial charge in [-0.1, -0.05) is 24.3 Å². The van der Waals surface area contributed by atoms with E-state index in [1.165, 1.54) is 7.11 Å². The van der Waals surface area contributed by atoms with Crippen LogP contribution in [0.25, 0.3) is 0 Å². The van der Waals surface area contributed by atoms with E-state index in [1.807, 2.05) is 58.0 Å². The highest BCUT2D eigenvalue weighted by molar-refractivity contribution is 5.89. The van der Waals surface area contributed by atoms with Crippen molar-refractivity contribution >= 4 is 12.1 Å². The highest BCUT2D eigenvalue weighted by Gasteiger charge is 2.18. The van der Waals surface area contributed by atoms with E-state index in [1.54, 1.807) is 18.2 Å². The summed E-state index contributed by atoms with van der Waals surface area (Å²) >= 11 is 0. The monoisotopic (exact) mass is 385 g/mol. The normalized spacial score (nSPS) is 12.0. The molecule has 150 valence electrons. The first kappa shape index (κ1) is 21.3. The van der Waals surface area contributed by atoms with Crippen molar-refractivity contribution in [2.75, 3.05) is 7.11 Å². The second-order valence-corrected chi connectivity index (χ2v) is 7.42. The number of carbonyl (C=O) groups excluding carboxylic acids is 2. The Morgan fingerprint density at radius 1 is 1.07 bits per heavy atom. The zero-order valence-corrected chi connectivity index (χ0v) is 16.9. The molecule has 0 saturated heterocycles. The molecule has 0 radical (unpaired) electrons. The molecule has 2 rings (SSSR count). The quantitative estimate of drug-likeness (QED) is 0.734. The summed E-state index contributed by atoms with van der Waals surface area (Å²) in [6.45, 7) is 7.69. The Morgan fingerprint density at radius 3 is 2.36 bits per heavy atom. The molecule has 0 fully saturated rings. The van der Waals surface area contributed by atoms with E-state index in [0.29, 0.717) is 17.9 Å². The molecule has 0 aromatic heterocycles. The molecule has 1 amide bonds. The summed E-state index contributed by atoms with van der Waals surface area (Å²) in [6, 6.07) is 14.4. The van der Waals surface area contributed by atoms with E-state index >= 15 is 0 Å². The third kappa shape index (κ3) is 6.61. The zero-order chi connectivity index (χ0) is 20.7. The molecule has 6 nitrogen and oxygen atoms in total. The third-order valence-corrected chi connectivity index (χ3v) is 3.87. The Morgan fingerprint density at radius 2 is 1.75 bits per heavy atom. The molecule has 0 aliphatic rings. The van der Waals surface area contributed by atoms with Gasteiger partial charge in [0.1, 0.15) is 18.0 Å². The number of hydrogen-bond donors (Lipinski definition) is 1. The minimum Gasteiger partial charge on any atom is -0.489 e. The fraction of sp³-hybridized carbons (Fsp3) is 0.364. The predicted molar refractivity (Wildman–Crippen MR) is 106 cm³/mol. The van der Waals surface area contributed by atoms with E-state index in [2.05, 4.69) is 5.32 Å². The first-order valence-electron chi connectivity index (χ1n) is 9.07. The maximum absolute atomic E-state index is 11.9. The number of amides is 1. The second kappa shape index (κ2) is 9.26. The topological polar surface area (TPSA) is 73.9 Å². The largest absolute Gasteiger partial charge is 0.489 e. The van der Waals surface area contributed by atoms with E-state index in [9.17, 15) is 9.59 Å². The predicted octanol–water partition coefficient (Wildman–Crippen LogP) is 4.64. The van der Waals surface area contributed by atoms with Gasteiger partial charge in [-0.15, -0.1) is 0 Å². The highest BCUT2D eigenvalue weighted by Crippen LogP contribution is 2.19. The van der Waals surface area contributed by atoms with Gasteiger partial charge in [0.2, 0.25) is 0 Å². The van der Waals surface area contributed by atoms with E-state index in [0.717, 1.165) is 11.1 Å². The van der Waals surface area contributed by atoms with Crippen LogP contribution in [0.15, 0.2) is 48.5 Å². The minimum atomic E-state index is -0.535. The van der Waals surface area contributed by atoms with Crippen LogP contribution in [0.5, 0.6) is 5.75 Å². The summed E-state index contributed by atoms with van der Waals surface area (Å²) < 4.78 is 15.8. The number of hydrogen-bond acceptors (Lipinski definition) is 5. The lowest BCUT2D eigenvalue weighted by atomic mass is 10.1. The molecule has 0 aliphatic carbocycles. The average molecular weight is 385 g/mol.